The number of H-pyrrole nitrogens is 1. The van der Waals surface area contributed by atoms with Crippen LogP contribution >= 0.6 is 0 Å². The second-order valence-corrected chi connectivity index (χ2v) is 8.11. The Balaban J connectivity index is 1.60. The molecule has 0 amide bonds. The maximum atomic E-state index is 6.07. The van der Waals surface area contributed by atoms with Gasteiger partial charge in [0.05, 0.1) is 6.04 Å². The molecular formula is C25H33N3O. The Morgan fingerprint density at radius 1 is 1.10 bits per heavy atom. The van der Waals surface area contributed by atoms with Gasteiger partial charge in [0, 0.05) is 29.7 Å². The Hall–Kier alpha value is -2.30. The number of rotatable bonds is 7. The van der Waals surface area contributed by atoms with Crippen molar-refractivity contribution in [3.05, 3.63) is 64.3 Å². The third kappa shape index (κ3) is 4.05. The number of benzene rings is 2. The molecule has 0 radical (unpaired) electrons. The van der Waals surface area contributed by atoms with Crippen LogP contribution in [0.2, 0.25) is 0 Å². The first-order valence-corrected chi connectivity index (χ1v) is 10.9. The molecule has 2 heterocycles. The number of nitrogens with zero attached hydrogens (tertiary/aromatic N) is 1. The van der Waals surface area contributed by atoms with Crippen molar-refractivity contribution < 1.29 is 4.74 Å². The fourth-order valence-electron chi connectivity index (χ4n) is 4.67. The van der Waals surface area contributed by atoms with E-state index in [0.717, 1.165) is 45.0 Å². The highest BCUT2D eigenvalue weighted by atomic mass is 16.5. The molecule has 0 saturated carbocycles. The van der Waals surface area contributed by atoms with Crippen molar-refractivity contribution in [1.29, 1.82) is 0 Å². The predicted octanol–water partition coefficient (Wildman–Crippen LogP) is 4.74. The van der Waals surface area contributed by atoms with Gasteiger partial charge in [-0.3, -0.25) is 0 Å². The average Bonchev–Trinajstić information content (AvgIpc) is 3.10. The highest BCUT2D eigenvalue weighted by Gasteiger charge is 2.26. The molecular weight excluding hydrogens is 358 g/mol. The maximum absolute atomic E-state index is 6.07. The van der Waals surface area contributed by atoms with Crippen molar-refractivity contribution in [2.75, 3.05) is 32.8 Å². The van der Waals surface area contributed by atoms with Crippen molar-refractivity contribution in [3.8, 4) is 5.75 Å². The van der Waals surface area contributed by atoms with Crippen molar-refractivity contribution in [3.63, 3.8) is 0 Å². The molecule has 1 aliphatic heterocycles. The molecule has 4 rings (SSSR count). The Labute approximate surface area is 174 Å². The Morgan fingerprint density at radius 2 is 1.93 bits per heavy atom. The van der Waals surface area contributed by atoms with E-state index in [0.29, 0.717) is 0 Å². The molecule has 0 bridgehead atoms. The first-order valence-electron chi connectivity index (χ1n) is 10.9. The number of aromatic nitrogens is 1. The van der Waals surface area contributed by atoms with Crippen molar-refractivity contribution in [1.82, 2.24) is 15.2 Å². The van der Waals surface area contributed by atoms with E-state index >= 15 is 0 Å². The van der Waals surface area contributed by atoms with Gasteiger partial charge in [0.1, 0.15) is 12.4 Å². The second-order valence-electron chi connectivity index (χ2n) is 8.11. The first kappa shape index (κ1) is 20.0. The highest BCUT2D eigenvalue weighted by Crippen LogP contribution is 2.36. The number of nitrogens with one attached hydrogen (secondary N) is 2. The third-order valence-corrected chi connectivity index (χ3v) is 6.15. The topological polar surface area (TPSA) is 40.3 Å². The van der Waals surface area contributed by atoms with Crippen molar-refractivity contribution in [2.45, 2.75) is 40.2 Å². The molecule has 0 spiro atoms. The van der Waals surface area contributed by atoms with Gasteiger partial charge in [-0.15, -0.1) is 0 Å². The number of likely N-dealkylation sites (N-methyl/N-ethyl adjacent to an activating group) is 1. The number of fused-ring (bicyclic) bond motifs is 3. The van der Waals surface area contributed by atoms with E-state index in [1.165, 1.54) is 38.9 Å². The summed E-state index contributed by atoms with van der Waals surface area (Å²) in [7, 11) is 0. The lowest BCUT2D eigenvalue weighted by molar-refractivity contribution is 0.222. The monoisotopic (exact) mass is 391 g/mol. The van der Waals surface area contributed by atoms with Crippen LogP contribution in [0.5, 0.6) is 5.75 Å². The molecule has 2 aromatic carbocycles. The van der Waals surface area contributed by atoms with Gasteiger partial charge < -0.3 is 19.9 Å². The Morgan fingerprint density at radius 3 is 2.72 bits per heavy atom. The summed E-state index contributed by atoms with van der Waals surface area (Å²) < 4.78 is 6.07. The van der Waals surface area contributed by atoms with Crippen molar-refractivity contribution >= 4 is 10.9 Å². The summed E-state index contributed by atoms with van der Waals surface area (Å²) in [5.74, 6) is 0.951. The summed E-state index contributed by atoms with van der Waals surface area (Å²) in [4.78, 5) is 6.11. The molecule has 1 aliphatic rings. The maximum Gasteiger partial charge on any atom is 0.119 e. The molecule has 0 fully saturated rings. The standard InChI is InChI=1S/C25H33N3O/c1-5-28(6-2)12-13-29-20-9-7-8-19(16-20)24-25-21(10-11-26-24)23-18(4)14-17(3)15-22(23)27-25/h7-9,14-16,24,26-27H,5-6,10-13H2,1-4H3. The largest absolute Gasteiger partial charge is 0.492 e. The van der Waals surface area contributed by atoms with Gasteiger partial charge in [0.15, 0.2) is 0 Å². The lowest BCUT2D eigenvalue weighted by Gasteiger charge is -2.25. The van der Waals surface area contributed by atoms with Crippen LogP contribution in [0, 0.1) is 13.8 Å². The van der Waals surface area contributed by atoms with Crippen LogP contribution in [0.3, 0.4) is 0 Å². The van der Waals surface area contributed by atoms with Gasteiger partial charge >= 0.3 is 0 Å². The first-order chi connectivity index (χ1) is 14.1. The van der Waals surface area contributed by atoms with E-state index < -0.39 is 0 Å². The molecule has 4 nitrogen and oxygen atoms in total. The number of hydrogen-bond donors (Lipinski definition) is 2. The van der Waals surface area contributed by atoms with Gasteiger partial charge in [0.25, 0.3) is 0 Å². The van der Waals surface area contributed by atoms with E-state index in [2.05, 4.69) is 79.3 Å². The summed E-state index contributed by atoms with van der Waals surface area (Å²) in [5.41, 5.74) is 7.96. The van der Waals surface area contributed by atoms with E-state index in [1.54, 1.807) is 0 Å². The third-order valence-electron chi connectivity index (χ3n) is 6.15. The smallest absolute Gasteiger partial charge is 0.119 e. The van der Waals surface area contributed by atoms with Crippen LogP contribution in [0.15, 0.2) is 36.4 Å². The number of aryl methyl sites for hydroxylation is 2. The minimum Gasteiger partial charge on any atom is -0.492 e. The number of ether oxygens (including phenoxy) is 1. The molecule has 4 heteroatoms. The van der Waals surface area contributed by atoms with Crippen LogP contribution in [0.25, 0.3) is 10.9 Å². The lowest BCUT2D eigenvalue weighted by Crippen LogP contribution is -2.30. The zero-order valence-corrected chi connectivity index (χ0v) is 18.1. The molecule has 3 aromatic rings. The second kappa shape index (κ2) is 8.60. The molecule has 1 atom stereocenters. The summed E-state index contributed by atoms with van der Waals surface area (Å²) in [6, 6.07) is 13.3. The highest BCUT2D eigenvalue weighted by molar-refractivity contribution is 5.89. The summed E-state index contributed by atoms with van der Waals surface area (Å²) in [5, 5.41) is 5.12. The molecule has 2 N–H and O–H groups in total. The molecule has 1 unspecified atom stereocenters. The van der Waals surface area contributed by atoms with Gasteiger partial charge in [0.2, 0.25) is 0 Å². The SMILES string of the molecule is CCN(CC)CCOc1cccc(C2NCCc3c2[nH]c2cc(C)cc(C)c32)c1. The van der Waals surface area contributed by atoms with Crippen LogP contribution < -0.4 is 10.1 Å². The zero-order chi connectivity index (χ0) is 20.4. The summed E-state index contributed by atoms with van der Waals surface area (Å²) >= 11 is 0. The molecule has 29 heavy (non-hydrogen) atoms. The number of aromatic amines is 1. The minimum atomic E-state index is 0.178. The summed E-state index contributed by atoms with van der Waals surface area (Å²) in [6.07, 6.45) is 1.07. The van der Waals surface area contributed by atoms with Gasteiger partial charge in [-0.1, -0.05) is 32.0 Å². The average molecular weight is 392 g/mol. The zero-order valence-electron chi connectivity index (χ0n) is 18.1. The molecule has 154 valence electrons. The minimum absolute atomic E-state index is 0.178. The molecule has 0 aliphatic carbocycles. The molecule has 1 aromatic heterocycles. The van der Waals surface area contributed by atoms with E-state index in [9.17, 15) is 0 Å². The normalized spacial score (nSPS) is 16.4. The fraction of sp³-hybridized carbons (Fsp3) is 0.440. The van der Waals surface area contributed by atoms with Crippen LogP contribution in [0.4, 0.5) is 0 Å². The van der Waals surface area contributed by atoms with E-state index in [1.807, 2.05) is 0 Å². The lowest BCUT2D eigenvalue weighted by atomic mass is 9.93. The van der Waals surface area contributed by atoms with E-state index in [-0.39, 0.29) is 6.04 Å². The van der Waals surface area contributed by atoms with Crippen LogP contribution in [-0.4, -0.2) is 42.7 Å². The molecule has 0 saturated heterocycles. The quantitative estimate of drug-likeness (QED) is 0.611. The fourth-order valence-corrected chi connectivity index (χ4v) is 4.67. The predicted molar refractivity (Wildman–Crippen MR) is 121 cm³/mol. The summed E-state index contributed by atoms with van der Waals surface area (Å²) in [6.45, 7) is 13.6. The van der Waals surface area contributed by atoms with E-state index in [4.69, 9.17) is 4.74 Å². The number of hydrogen-bond acceptors (Lipinski definition) is 3. The Bertz CT molecular complexity index is 987. The van der Waals surface area contributed by atoms with Gasteiger partial charge in [-0.05, 0) is 73.8 Å². The van der Waals surface area contributed by atoms with Gasteiger partial charge in [-0.2, -0.15) is 0 Å². The van der Waals surface area contributed by atoms with Crippen LogP contribution in [-0.2, 0) is 6.42 Å². The van der Waals surface area contributed by atoms with Gasteiger partial charge in [-0.25, -0.2) is 0 Å². The van der Waals surface area contributed by atoms with Crippen LogP contribution in [0.1, 0.15) is 47.8 Å². The van der Waals surface area contributed by atoms with Crippen molar-refractivity contribution in [2.24, 2.45) is 0 Å². The Kier molecular flexibility index (Phi) is 5.93.